The molecule has 24 heavy (non-hydrogen) atoms. The van der Waals surface area contributed by atoms with Crippen LogP contribution in [0.25, 0.3) is 0 Å². The van der Waals surface area contributed by atoms with Crippen molar-refractivity contribution in [1.29, 1.82) is 0 Å². The summed E-state index contributed by atoms with van der Waals surface area (Å²) >= 11 is 0. The molecule has 0 aliphatic carbocycles. The highest BCUT2D eigenvalue weighted by atomic mass is 16.5. The van der Waals surface area contributed by atoms with Crippen molar-refractivity contribution in [3.63, 3.8) is 0 Å². The summed E-state index contributed by atoms with van der Waals surface area (Å²) in [4.78, 5) is 42.3. The standard InChI is InChI=1S/C10H10O4.C8H6O2/c1-13-9(11)7-3-5-8(6-4-7)10(12)14-2;9-5-7-1-2-8(6-10)4-3-7/h3-6H,1-2H3;1-6H. The zero-order valence-corrected chi connectivity index (χ0v) is 13.2. The van der Waals surface area contributed by atoms with Gasteiger partial charge in [-0.15, -0.1) is 0 Å². The Kier molecular flexibility index (Phi) is 7.57. The summed E-state index contributed by atoms with van der Waals surface area (Å²) in [5, 5.41) is 0. The molecule has 6 heteroatoms. The van der Waals surface area contributed by atoms with Gasteiger partial charge in [-0.2, -0.15) is 0 Å². The molecule has 2 aromatic rings. The highest BCUT2D eigenvalue weighted by Crippen LogP contribution is 2.06. The van der Waals surface area contributed by atoms with Crippen LogP contribution in [0.4, 0.5) is 0 Å². The zero-order chi connectivity index (χ0) is 17.9. The molecule has 0 saturated carbocycles. The molecule has 0 bridgehead atoms. The van der Waals surface area contributed by atoms with Crippen molar-refractivity contribution in [2.75, 3.05) is 14.2 Å². The number of carbonyl (C=O) groups is 4. The van der Waals surface area contributed by atoms with Gasteiger partial charge in [0.1, 0.15) is 12.6 Å². The van der Waals surface area contributed by atoms with Crippen LogP contribution in [0.5, 0.6) is 0 Å². The van der Waals surface area contributed by atoms with E-state index in [-0.39, 0.29) is 0 Å². The van der Waals surface area contributed by atoms with E-state index in [1.807, 2.05) is 0 Å². The van der Waals surface area contributed by atoms with Crippen molar-refractivity contribution in [2.24, 2.45) is 0 Å². The van der Waals surface area contributed by atoms with Gasteiger partial charge >= 0.3 is 11.9 Å². The normalized spacial score (nSPS) is 9.08. The highest BCUT2D eigenvalue weighted by molar-refractivity contribution is 5.93. The van der Waals surface area contributed by atoms with Crippen LogP contribution in [-0.2, 0) is 9.47 Å². The van der Waals surface area contributed by atoms with E-state index in [4.69, 9.17) is 0 Å². The Balaban J connectivity index is 0.000000254. The molecular formula is C18H16O6. The maximum atomic E-state index is 11.0. The van der Waals surface area contributed by atoms with Gasteiger partial charge in [-0.1, -0.05) is 24.3 Å². The molecule has 2 aromatic carbocycles. The maximum Gasteiger partial charge on any atom is 0.337 e. The predicted molar refractivity (Wildman–Crippen MR) is 86.3 cm³/mol. The van der Waals surface area contributed by atoms with Crippen molar-refractivity contribution in [1.82, 2.24) is 0 Å². The number of esters is 2. The van der Waals surface area contributed by atoms with Crippen LogP contribution in [0.1, 0.15) is 41.4 Å². The summed E-state index contributed by atoms with van der Waals surface area (Å²) < 4.78 is 9.02. The first-order valence-corrected chi connectivity index (χ1v) is 6.82. The Bertz CT molecular complexity index is 639. The molecule has 0 radical (unpaired) electrons. The molecule has 2 rings (SSSR count). The van der Waals surface area contributed by atoms with Gasteiger partial charge in [0.05, 0.1) is 25.3 Å². The number of ether oxygens (including phenoxy) is 2. The fourth-order valence-corrected chi connectivity index (χ4v) is 1.63. The summed E-state index contributed by atoms with van der Waals surface area (Å²) in [5.41, 5.74) is 1.98. The van der Waals surface area contributed by atoms with E-state index in [0.29, 0.717) is 22.3 Å². The zero-order valence-electron chi connectivity index (χ0n) is 13.2. The summed E-state index contributed by atoms with van der Waals surface area (Å²) in [6, 6.07) is 12.5. The molecule has 0 N–H and O–H groups in total. The van der Waals surface area contributed by atoms with Crippen LogP contribution in [-0.4, -0.2) is 38.7 Å². The molecule has 0 aliphatic heterocycles. The Morgan fingerprint density at radius 3 is 1.17 bits per heavy atom. The first-order valence-electron chi connectivity index (χ1n) is 6.82. The minimum atomic E-state index is -0.429. The van der Waals surface area contributed by atoms with Crippen molar-refractivity contribution in [3.05, 3.63) is 70.8 Å². The van der Waals surface area contributed by atoms with Crippen LogP contribution in [0.3, 0.4) is 0 Å². The quantitative estimate of drug-likeness (QED) is 0.633. The number of hydrogen-bond acceptors (Lipinski definition) is 6. The minimum absolute atomic E-state index is 0.403. The molecular weight excluding hydrogens is 312 g/mol. The average Bonchev–Trinajstić information content (AvgIpc) is 2.67. The van der Waals surface area contributed by atoms with E-state index in [1.165, 1.54) is 38.5 Å². The van der Waals surface area contributed by atoms with Crippen molar-refractivity contribution in [2.45, 2.75) is 0 Å². The predicted octanol–water partition coefficient (Wildman–Crippen LogP) is 2.57. The first-order chi connectivity index (χ1) is 11.5. The summed E-state index contributed by atoms with van der Waals surface area (Å²) in [6.45, 7) is 0. The third-order valence-electron chi connectivity index (χ3n) is 2.94. The summed E-state index contributed by atoms with van der Waals surface area (Å²) in [6.07, 6.45) is 1.49. The van der Waals surface area contributed by atoms with E-state index in [0.717, 1.165) is 12.6 Å². The van der Waals surface area contributed by atoms with Crippen LogP contribution in [0.15, 0.2) is 48.5 Å². The van der Waals surface area contributed by atoms with Crippen molar-refractivity contribution >= 4 is 24.5 Å². The van der Waals surface area contributed by atoms with Gasteiger partial charge in [0.15, 0.2) is 0 Å². The number of carbonyl (C=O) groups excluding carboxylic acids is 4. The van der Waals surface area contributed by atoms with Crippen LogP contribution >= 0.6 is 0 Å². The van der Waals surface area contributed by atoms with Crippen molar-refractivity contribution < 1.29 is 28.7 Å². The van der Waals surface area contributed by atoms with E-state index in [1.54, 1.807) is 24.3 Å². The van der Waals surface area contributed by atoms with Gasteiger partial charge in [-0.3, -0.25) is 9.59 Å². The molecule has 0 aromatic heterocycles. The van der Waals surface area contributed by atoms with E-state index in [2.05, 4.69) is 9.47 Å². The van der Waals surface area contributed by atoms with Gasteiger partial charge in [-0.05, 0) is 24.3 Å². The number of rotatable bonds is 4. The third kappa shape index (κ3) is 5.49. The molecule has 0 heterocycles. The van der Waals surface area contributed by atoms with Gasteiger partial charge in [0.25, 0.3) is 0 Å². The third-order valence-corrected chi connectivity index (χ3v) is 2.94. The summed E-state index contributed by atoms with van der Waals surface area (Å²) in [7, 11) is 2.60. The Labute approximate surface area is 139 Å². The maximum absolute atomic E-state index is 11.0. The monoisotopic (exact) mass is 328 g/mol. The molecule has 0 saturated heterocycles. The van der Waals surface area contributed by atoms with E-state index >= 15 is 0 Å². The number of hydrogen-bond donors (Lipinski definition) is 0. The molecule has 0 amide bonds. The number of aldehydes is 2. The summed E-state index contributed by atoms with van der Waals surface area (Å²) in [5.74, 6) is -0.858. The lowest BCUT2D eigenvalue weighted by Gasteiger charge is -2.00. The Morgan fingerprint density at radius 2 is 0.958 bits per heavy atom. The van der Waals surface area contributed by atoms with Crippen molar-refractivity contribution in [3.8, 4) is 0 Å². The fourth-order valence-electron chi connectivity index (χ4n) is 1.63. The molecule has 6 nitrogen and oxygen atoms in total. The lowest BCUT2D eigenvalue weighted by atomic mass is 10.1. The van der Waals surface area contributed by atoms with Gasteiger partial charge < -0.3 is 9.47 Å². The molecule has 0 aliphatic rings. The topological polar surface area (TPSA) is 86.7 Å². The van der Waals surface area contributed by atoms with Gasteiger partial charge in [0.2, 0.25) is 0 Å². The molecule has 0 spiro atoms. The second-order valence-electron chi connectivity index (χ2n) is 4.46. The largest absolute Gasteiger partial charge is 0.465 e. The van der Waals surface area contributed by atoms with Gasteiger partial charge in [0, 0.05) is 11.1 Å². The number of benzene rings is 2. The Morgan fingerprint density at radius 1 is 0.667 bits per heavy atom. The average molecular weight is 328 g/mol. The molecule has 0 fully saturated rings. The molecule has 0 atom stereocenters. The lowest BCUT2D eigenvalue weighted by molar-refractivity contribution is 0.0586. The molecule has 124 valence electrons. The SMILES string of the molecule is COC(=O)c1ccc(C(=O)OC)cc1.O=Cc1ccc(C=O)cc1. The highest BCUT2D eigenvalue weighted by Gasteiger charge is 2.08. The lowest BCUT2D eigenvalue weighted by Crippen LogP contribution is -2.04. The smallest absolute Gasteiger partial charge is 0.337 e. The van der Waals surface area contributed by atoms with Crippen LogP contribution in [0.2, 0.25) is 0 Å². The van der Waals surface area contributed by atoms with Gasteiger partial charge in [-0.25, -0.2) is 9.59 Å². The second kappa shape index (κ2) is 9.68. The molecule has 0 unspecified atom stereocenters. The first kappa shape index (κ1) is 18.8. The van der Waals surface area contributed by atoms with Crippen LogP contribution in [0, 0.1) is 0 Å². The second-order valence-corrected chi connectivity index (χ2v) is 4.46. The number of methoxy groups -OCH3 is 2. The van der Waals surface area contributed by atoms with E-state index < -0.39 is 11.9 Å². The van der Waals surface area contributed by atoms with Crippen LogP contribution < -0.4 is 0 Å². The Hall–Kier alpha value is -3.28. The minimum Gasteiger partial charge on any atom is -0.465 e. The van der Waals surface area contributed by atoms with E-state index in [9.17, 15) is 19.2 Å². The fraction of sp³-hybridized carbons (Fsp3) is 0.111.